The summed E-state index contributed by atoms with van der Waals surface area (Å²) in [5, 5.41) is 6.55. The zero-order valence-corrected chi connectivity index (χ0v) is 18.7. The Balaban J connectivity index is 0.00000364. The summed E-state index contributed by atoms with van der Waals surface area (Å²) in [6, 6.07) is 8.12. The first-order valence-corrected chi connectivity index (χ1v) is 9.36. The van der Waals surface area contributed by atoms with Crippen LogP contribution in [-0.2, 0) is 16.0 Å². The summed E-state index contributed by atoms with van der Waals surface area (Å²) in [5.74, 6) is 1.67. The molecule has 1 fully saturated rings. The maximum atomic E-state index is 6.02. The maximum absolute atomic E-state index is 6.02. The predicted molar refractivity (Wildman–Crippen MR) is 119 cm³/mol. The number of benzene rings is 1. The zero-order chi connectivity index (χ0) is 18.5. The van der Waals surface area contributed by atoms with Crippen molar-refractivity contribution in [3.05, 3.63) is 29.8 Å². The van der Waals surface area contributed by atoms with Crippen molar-refractivity contribution in [3.8, 4) is 5.75 Å². The van der Waals surface area contributed by atoms with Crippen LogP contribution < -0.4 is 15.4 Å². The van der Waals surface area contributed by atoms with Crippen molar-refractivity contribution in [3.63, 3.8) is 0 Å². The molecule has 1 aliphatic rings. The summed E-state index contributed by atoms with van der Waals surface area (Å²) in [7, 11) is 1.76. The molecular formula is C19H33IN4O3. The molecule has 7 nitrogen and oxygen atoms in total. The molecule has 0 amide bonds. The van der Waals surface area contributed by atoms with Crippen LogP contribution in [0.5, 0.6) is 5.75 Å². The van der Waals surface area contributed by atoms with Crippen molar-refractivity contribution in [2.75, 3.05) is 66.3 Å². The number of ether oxygens (including phenoxy) is 3. The van der Waals surface area contributed by atoms with Crippen molar-refractivity contribution in [1.82, 2.24) is 15.5 Å². The second-order valence-corrected chi connectivity index (χ2v) is 5.96. The molecule has 0 radical (unpaired) electrons. The fraction of sp³-hybridized carbons (Fsp3) is 0.632. The van der Waals surface area contributed by atoms with E-state index in [1.54, 1.807) is 7.05 Å². The van der Waals surface area contributed by atoms with Crippen molar-refractivity contribution < 1.29 is 14.2 Å². The highest BCUT2D eigenvalue weighted by Gasteiger charge is 2.10. The van der Waals surface area contributed by atoms with Crippen LogP contribution in [0.2, 0.25) is 0 Å². The van der Waals surface area contributed by atoms with Crippen molar-refractivity contribution in [2.45, 2.75) is 13.5 Å². The van der Waals surface area contributed by atoms with Crippen LogP contribution in [0.25, 0.3) is 0 Å². The summed E-state index contributed by atoms with van der Waals surface area (Å²) >= 11 is 0. The molecule has 0 bridgehead atoms. The first-order chi connectivity index (χ1) is 12.8. The first kappa shape index (κ1) is 23.9. The molecule has 0 spiro atoms. The van der Waals surface area contributed by atoms with Crippen LogP contribution in [0.3, 0.4) is 0 Å². The summed E-state index contributed by atoms with van der Waals surface area (Å²) in [4.78, 5) is 6.60. The highest BCUT2D eigenvalue weighted by atomic mass is 127. The van der Waals surface area contributed by atoms with E-state index in [-0.39, 0.29) is 24.0 Å². The Morgan fingerprint density at radius 3 is 2.70 bits per heavy atom. The van der Waals surface area contributed by atoms with Gasteiger partial charge in [0.05, 0.1) is 19.8 Å². The summed E-state index contributed by atoms with van der Waals surface area (Å²) in [5.41, 5.74) is 1.11. The van der Waals surface area contributed by atoms with Gasteiger partial charge in [0.15, 0.2) is 5.96 Å². The molecule has 2 N–H and O–H groups in total. The molecule has 0 unspecified atom stereocenters. The molecule has 0 atom stereocenters. The van der Waals surface area contributed by atoms with Crippen LogP contribution in [0, 0.1) is 0 Å². The molecule has 1 heterocycles. The molecule has 1 aromatic rings. The molecule has 0 saturated carbocycles. The maximum Gasteiger partial charge on any atom is 0.191 e. The lowest BCUT2D eigenvalue weighted by Gasteiger charge is -2.26. The van der Waals surface area contributed by atoms with E-state index >= 15 is 0 Å². The normalized spacial score (nSPS) is 15.1. The lowest BCUT2D eigenvalue weighted by atomic mass is 10.2. The Morgan fingerprint density at radius 1 is 1.19 bits per heavy atom. The highest BCUT2D eigenvalue weighted by molar-refractivity contribution is 14.0. The van der Waals surface area contributed by atoms with E-state index < -0.39 is 0 Å². The number of nitrogens with one attached hydrogen (secondary N) is 2. The average molecular weight is 492 g/mol. The fourth-order valence-electron chi connectivity index (χ4n) is 2.69. The van der Waals surface area contributed by atoms with E-state index in [2.05, 4.69) is 26.6 Å². The Kier molecular flexibility index (Phi) is 13.2. The first-order valence-electron chi connectivity index (χ1n) is 9.36. The molecule has 1 aliphatic heterocycles. The molecule has 8 heteroatoms. The van der Waals surface area contributed by atoms with E-state index in [1.165, 1.54) is 0 Å². The van der Waals surface area contributed by atoms with Gasteiger partial charge in [0.1, 0.15) is 12.4 Å². The predicted octanol–water partition coefficient (Wildman–Crippen LogP) is 1.72. The molecule has 1 saturated heterocycles. The van der Waals surface area contributed by atoms with Gasteiger partial charge in [-0.1, -0.05) is 18.2 Å². The number of guanidine groups is 1. The van der Waals surface area contributed by atoms with Crippen molar-refractivity contribution in [1.29, 1.82) is 0 Å². The Morgan fingerprint density at radius 2 is 1.96 bits per heavy atom. The number of morpholine rings is 1. The second-order valence-electron chi connectivity index (χ2n) is 5.96. The molecule has 154 valence electrons. The van der Waals surface area contributed by atoms with E-state index in [0.717, 1.165) is 63.3 Å². The monoisotopic (exact) mass is 492 g/mol. The SMILES string of the molecule is CCOCCNC(=NC)NCc1ccccc1OCCN1CCOCC1.I. The average Bonchev–Trinajstić information content (AvgIpc) is 2.69. The fourth-order valence-corrected chi connectivity index (χ4v) is 2.69. The molecule has 1 aromatic carbocycles. The van der Waals surface area contributed by atoms with Crippen LogP contribution in [-0.4, -0.2) is 77.1 Å². The molecule has 0 aliphatic carbocycles. The number of halogens is 1. The largest absolute Gasteiger partial charge is 0.492 e. The van der Waals surface area contributed by atoms with Crippen LogP contribution in [0.15, 0.2) is 29.3 Å². The van der Waals surface area contributed by atoms with E-state index in [4.69, 9.17) is 14.2 Å². The van der Waals surface area contributed by atoms with Crippen LogP contribution in [0.4, 0.5) is 0 Å². The van der Waals surface area contributed by atoms with Gasteiger partial charge < -0.3 is 24.8 Å². The number of aliphatic imine (C=N–C) groups is 1. The highest BCUT2D eigenvalue weighted by Crippen LogP contribution is 2.17. The molecular weight excluding hydrogens is 459 g/mol. The number of rotatable bonds is 10. The number of nitrogens with zero attached hydrogens (tertiary/aromatic N) is 2. The lowest BCUT2D eigenvalue weighted by Crippen LogP contribution is -2.39. The minimum Gasteiger partial charge on any atom is -0.492 e. The molecule has 27 heavy (non-hydrogen) atoms. The smallest absolute Gasteiger partial charge is 0.191 e. The van der Waals surface area contributed by atoms with Crippen LogP contribution in [0.1, 0.15) is 12.5 Å². The molecule has 0 aromatic heterocycles. The number of hydrogen-bond acceptors (Lipinski definition) is 5. The minimum absolute atomic E-state index is 0. The lowest BCUT2D eigenvalue weighted by molar-refractivity contribution is 0.0322. The molecule has 2 rings (SSSR count). The van der Waals surface area contributed by atoms with Gasteiger partial charge in [0.2, 0.25) is 0 Å². The third-order valence-corrected chi connectivity index (χ3v) is 4.15. The van der Waals surface area contributed by atoms with E-state index in [9.17, 15) is 0 Å². The van der Waals surface area contributed by atoms with Gasteiger partial charge in [-0.3, -0.25) is 9.89 Å². The van der Waals surface area contributed by atoms with Gasteiger partial charge >= 0.3 is 0 Å². The van der Waals surface area contributed by atoms with Gasteiger partial charge in [-0.15, -0.1) is 24.0 Å². The Bertz CT molecular complexity index is 539. The van der Waals surface area contributed by atoms with Gasteiger partial charge in [-0.05, 0) is 13.0 Å². The second kappa shape index (κ2) is 14.9. The Labute approximate surface area is 179 Å². The van der Waals surface area contributed by atoms with E-state index in [0.29, 0.717) is 19.8 Å². The van der Waals surface area contributed by atoms with Crippen molar-refractivity contribution in [2.24, 2.45) is 4.99 Å². The summed E-state index contributed by atoms with van der Waals surface area (Å²) in [6.45, 7) is 9.96. The Hall–Kier alpha value is -1.10. The number of hydrogen-bond donors (Lipinski definition) is 2. The third-order valence-electron chi connectivity index (χ3n) is 4.15. The zero-order valence-electron chi connectivity index (χ0n) is 16.4. The van der Waals surface area contributed by atoms with Gasteiger partial charge in [-0.2, -0.15) is 0 Å². The van der Waals surface area contributed by atoms with Crippen molar-refractivity contribution >= 4 is 29.9 Å². The van der Waals surface area contributed by atoms with Gasteiger partial charge in [-0.25, -0.2) is 0 Å². The van der Waals surface area contributed by atoms with Crippen LogP contribution >= 0.6 is 24.0 Å². The van der Waals surface area contributed by atoms with Gasteiger partial charge in [0.25, 0.3) is 0 Å². The summed E-state index contributed by atoms with van der Waals surface area (Å²) in [6.07, 6.45) is 0. The standard InChI is InChI=1S/C19H32N4O3.HI/c1-3-24-12-8-21-19(20-2)22-16-17-6-4-5-7-18(17)26-15-11-23-9-13-25-14-10-23;/h4-7H,3,8-16H2,1-2H3,(H2,20,21,22);1H. The number of para-hydroxylation sites is 1. The minimum atomic E-state index is 0. The van der Waals surface area contributed by atoms with Gasteiger partial charge in [0, 0.05) is 51.9 Å². The van der Waals surface area contributed by atoms with E-state index in [1.807, 2.05) is 25.1 Å². The third kappa shape index (κ3) is 9.59. The summed E-state index contributed by atoms with van der Waals surface area (Å²) < 4.78 is 16.7. The quantitative estimate of drug-likeness (QED) is 0.225. The topological polar surface area (TPSA) is 67.3 Å².